The zero-order valence-electron chi connectivity index (χ0n) is 19.5. The first-order chi connectivity index (χ1) is 15.5. The lowest BCUT2D eigenvalue weighted by Crippen LogP contribution is -2.42. The Kier molecular flexibility index (Phi) is 8.56. The van der Waals surface area contributed by atoms with E-state index in [4.69, 9.17) is 9.47 Å². The smallest absolute Gasteiger partial charge is 0.323 e. The van der Waals surface area contributed by atoms with Crippen molar-refractivity contribution in [2.24, 2.45) is 5.92 Å². The molecule has 0 bridgehead atoms. The highest BCUT2D eigenvalue weighted by molar-refractivity contribution is 5.89. The zero-order chi connectivity index (χ0) is 22.9. The number of nitrogens with one attached hydrogen (secondary N) is 2. The van der Waals surface area contributed by atoms with Crippen molar-refractivity contribution >= 4 is 11.7 Å². The van der Waals surface area contributed by atoms with Gasteiger partial charge < -0.3 is 25.0 Å². The minimum Gasteiger partial charge on any atom is -0.465 e. The molecule has 2 aromatic carbocycles. The number of benzene rings is 2. The molecule has 6 nitrogen and oxygen atoms in total. The average Bonchev–Trinajstić information content (AvgIpc) is 3.06. The molecule has 0 saturated carbocycles. The number of carbonyl (C=O) groups is 1. The van der Waals surface area contributed by atoms with E-state index in [-0.39, 0.29) is 6.03 Å². The standard InChI is InChI=1S/C26H35N3O3/c1-5-13-27-18-29(26(30)28-23-9-7-6-8-10-23)14-15-31-21(4)32-24-11-12-25-20(3)19(2)16-22(25)17-24/h5-13,17,19-21,27H,14-16,18H2,1-4H3,(H,28,30)/b13-5+. The molecule has 2 N–H and O–H groups in total. The largest absolute Gasteiger partial charge is 0.465 e. The first kappa shape index (κ1) is 23.7. The highest BCUT2D eigenvalue weighted by Crippen LogP contribution is 2.38. The Hall–Kier alpha value is -2.99. The van der Waals surface area contributed by atoms with Crippen molar-refractivity contribution in [3.8, 4) is 5.75 Å². The number of hydrogen-bond acceptors (Lipinski definition) is 4. The molecule has 0 radical (unpaired) electrons. The van der Waals surface area contributed by atoms with Gasteiger partial charge in [-0.1, -0.05) is 44.2 Å². The molecule has 3 atom stereocenters. The summed E-state index contributed by atoms with van der Waals surface area (Å²) in [5, 5.41) is 6.02. The van der Waals surface area contributed by atoms with Gasteiger partial charge in [-0.05, 0) is 73.7 Å². The Balaban J connectivity index is 1.50. The second-order valence-electron chi connectivity index (χ2n) is 8.31. The van der Waals surface area contributed by atoms with Crippen molar-refractivity contribution < 1.29 is 14.3 Å². The summed E-state index contributed by atoms with van der Waals surface area (Å²) < 4.78 is 11.8. The van der Waals surface area contributed by atoms with Crippen LogP contribution in [0.2, 0.25) is 0 Å². The monoisotopic (exact) mass is 437 g/mol. The van der Waals surface area contributed by atoms with E-state index in [1.165, 1.54) is 11.1 Å². The number of hydrogen-bond donors (Lipinski definition) is 2. The van der Waals surface area contributed by atoms with Gasteiger partial charge in [0.15, 0.2) is 6.29 Å². The van der Waals surface area contributed by atoms with Gasteiger partial charge in [-0.2, -0.15) is 0 Å². The maximum absolute atomic E-state index is 12.7. The molecule has 0 aliphatic heterocycles. The van der Waals surface area contributed by atoms with Crippen molar-refractivity contribution in [2.75, 3.05) is 25.1 Å². The van der Waals surface area contributed by atoms with Crippen LogP contribution in [0.15, 0.2) is 60.8 Å². The fraction of sp³-hybridized carbons (Fsp3) is 0.423. The van der Waals surface area contributed by atoms with Crippen LogP contribution in [0.4, 0.5) is 10.5 Å². The lowest BCUT2D eigenvalue weighted by Gasteiger charge is -2.24. The minimum atomic E-state index is -0.410. The van der Waals surface area contributed by atoms with E-state index in [0.717, 1.165) is 17.9 Å². The number of fused-ring (bicyclic) bond motifs is 1. The number of allylic oxidation sites excluding steroid dienone is 1. The predicted octanol–water partition coefficient (Wildman–Crippen LogP) is 5.34. The molecule has 32 heavy (non-hydrogen) atoms. The number of amides is 2. The second-order valence-corrected chi connectivity index (χ2v) is 8.31. The number of urea groups is 1. The van der Waals surface area contributed by atoms with Crippen LogP contribution in [0, 0.1) is 5.92 Å². The third-order valence-corrected chi connectivity index (χ3v) is 5.90. The SMILES string of the molecule is C/C=C/NCN(CCOC(C)Oc1ccc2c(c1)CC(C)C2C)C(=O)Nc1ccccc1. The minimum absolute atomic E-state index is 0.188. The maximum atomic E-state index is 12.7. The molecule has 6 heteroatoms. The van der Waals surface area contributed by atoms with Gasteiger partial charge in [0.1, 0.15) is 5.75 Å². The van der Waals surface area contributed by atoms with Gasteiger partial charge in [-0.3, -0.25) is 0 Å². The molecule has 0 fully saturated rings. The van der Waals surface area contributed by atoms with Crippen LogP contribution in [-0.4, -0.2) is 37.0 Å². The van der Waals surface area contributed by atoms with Gasteiger partial charge in [0.05, 0.1) is 13.3 Å². The molecule has 172 valence electrons. The molecular formula is C26H35N3O3. The fourth-order valence-electron chi connectivity index (χ4n) is 3.92. The van der Waals surface area contributed by atoms with E-state index in [1.54, 1.807) is 4.90 Å². The molecule has 2 aromatic rings. The van der Waals surface area contributed by atoms with Crippen LogP contribution >= 0.6 is 0 Å². The number of para-hydroxylation sites is 1. The van der Waals surface area contributed by atoms with E-state index < -0.39 is 6.29 Å². The van der Waals surface area contributed by atoms with Crippen LogP contribution in [0.1, 0.15) is 44.7 Å². The summed E-state index contributed by atoms with van der Waals surface area (Å²) in [6.07, 6.45) is 4.38. The topological polar surface area (TPSA) is 62.8 Å². The Morgan fingerprint density at radius 2 is 2.00 bits per heavy atom. The zero-order valence-corrected chi connectivity index (χ0v) is 19.5. The number of rotatable bonds is 10. The van der Waals surface area contributed by atoms with Crippen LogP contribution < -0.4 is 15.4 Å². The lowest BCUT2D eigenvalue weighted by atomic mass is 9.97. The van der Waals surface area contributed by atoms with E-state index in [1.807, 2.05) is 62.5 Å². The van der Waals surface area contributed by atoms with E-state index >= 15 is 0 Å². The van der Waals surface area contributed by atoms with Crippen molar-refractivity contribution in [1.29, 1.82) is 0 Å². The molecule has 0 spiro atoms. The highest BCUT2D eigenvalue weighted by atomic mass is 16.7. The van der Waals surface area contributed by atoms with Gasteiger partial charge in [-0.15, -0.1) is 0 Å². The predicted molar refractivity (Wildman–Crippen MR) is 129 cm³/mol. The number of ether oxygens (including phenoxy) is 2. The number of nitrogens with zero attached hydrogens (tertiary/aromatic N) is 1. The second kappa shape index (κ2) is 11.6. The third kappa shape index (κ3) is 6.50. The van der Waals surface area contributed by atoms with Crippen LogP contribution in [0.25, 0.3) is 0 Å². The summed E-state index contributed by atoms with van der Waals surface area (Å²) >= 11 is 0. The summed E-state index contributed by atoms with van der Waals surface area (Å²) in [5.74, 6) is 2.08. The first-order valence-corrected chi connectivity index (χ1v) is 11.3. The van der Waals surface area contributed by atoms with Gasteiger partial charge in [0, 0.05) is 12.2 Å². The fourth-order valence-corrected chi connectivity index (χ4v) is 3.92. The quantitative estimate of drug-likeness (QED) is 0.493. The Morgan fingerprint density at radius 3 is 2.75 bits per heavy atom. The Labute approximate surface area is 191 Å². The molecule has 1 aliphatic carbocycles. The molecule has 3 rings (SSSR count). The van der Waals surface area contributed by atoms with Crippen molar-refractivity contribution in [2.45, 2.75) is 46.3 Å². The molecule has 1 aliphatic rings. The first-order valence-electron chi connectivity index (χ1n) is 11.3. The molecule has 3 unspecified atom stereocenters. The van der Waals surface area contributed by atoms with Crippen LogP contribution in [0.5, 0.6) is 5.75 Å². The average molecular weight is 438 g/mol. The van der Waals surface area contributed by atoms with Gasteiger partial charge in [-0.25, -0.2) is 4.79 Å². The molecule has 0 aromatic heterocycles. The molecule has 0 heterocycles. The third-order valence-electron chi connectivity index (χ3n) is 5.90. The Bertz CT molecular complexity index is 900. The maximum Gasteiger partial charge on any atom is 0.323 e. The summed E-state index contributed by atoms with van der Waals surface area (Å²) in [6.45, 7) is 9.54. The van der Waals surface area contributed by atoms with Crippen LogP contribution in [0.3, 0.4) is 0 Å². The van der Waals surface area contributed by atoms with Gasteiger partial charge >= 0.3 is 6.03 Å². The van der Waals surface area contributed by atoms with Crippen molar-refractivity contribution in [3.63, 3.8) is 0 Å². The molecular weight excluding hydrogens is 402 g/mol. The normalized spacial score (nSPS) is 18.2. The highest BCUT2D eigenvalue weighted by Gasteiger charge is 2.26. The number of anilines is 1. The summed E-state index contributed by atoms with van der Waals surface area (Å²) in [7, 11) is 0. The number of carbonyl (C=O) groups excluding carboxylic acids is 1. The lowest BCUT2D eigenvalue weighted by molar-refractivity contribution is -0.0696. The van der Waals surface area contributed by atoms with Crippen molar-refractivity contribution in [3.05, 3.63) is 71.9 Å². The van der Waals surface area contributed by atoms with E-state index in [9.17, 15) is 4.79 Å². The summed E-state index contributed by atoms with van der Waals surface area (Å²) in [5.41, 5.74) is 3.55. The van der Waals surface area contributed by atoms with Gasteiger partial charge in [0.25, 0.3) is 0 Å². The van der Waals surface area contributed by atoms with Gasteiger partial charge in [0.2, 0.25) is 0 Å². The van der Waals surface area contributed by atoms with E-state index in [0.29, 0.717) is 31.7 Å². The molecule has 2 amide bonds. The Morgan fingerprint density at radius 1 is 1.22 bits per heavy atom. The summed E-state index contributed by atoms with van der Waals surface area (Å²) in [6, 6.07) is 15.6. The van der Waals surface area contributed by atoms with E-state index in [2.05, 4.69) is 36.6 Å². The van der Waals surface area contributed by atoms with Crippen LogP contribution in [-0.2, 0) is 11.2 Å². The van der Waals surface area contributed by atoms with Crippen molar-refractivity contribution in [1.82, 2.24) is 10.2 Å². The molecule has 0 saturated heterocycles. The summed E-state index contributed by atoms with van der Waals surface area (Å²) in [4.78, 5) is 14.4.